The Morgan fingerprint density at radius 1 is 1.25 bits per heavy atom. The molecule has 0 rings (SSSR count). The highest BCUT2D eigenvalue weighted by molar-refractivity contribution is 4.86. The zero-order chi connectivity index (χ0) is 9.99. The fourth-order valence-corrected chi connectivity index (χ4v) is 0.462. The number of hydrogen-bond donors (Lipinski definition) is 1. The van der Waals surface area contributed by atoms with Crippen molar-refractivity contribution in [2.75, 3.05) is 0 Å². The molecule has 0 amide bonds. The number of aliphatic hydroxyl groups excluding tert-OH is 1. The third-order valence-electron chi connectivity index (χ3n) is 1.15. The van der Waals surface area contributed by atoms with Crippen LogP contribution in [-0.4, -0.2) is 23.3 Å². The van der Waals surface area contributed by atoms with Gasteiger partial charge in [0, 0.05) is 0 Å². The van der Waals surface area contributed by atoms with E-state index in [0.29, 0.717) is 6.08 Å². The smallest absolute Gasteiger partial charge is 0.389 e. The maximum absolute atomic E-state index is 12.0. The van der Waals surface area contributed by atoms with E-state index in [9.17, 15) is 22.0 Å². The van der Waals surface area contributed by atoms with Gasteiger partial charge in [-0.1, -0.05) is 6.08 Å². The van der Waals surface area contributed by atoms with Crippen molar-refractivity contribution in [1.82, 2.24) is 0 Å². The molecule has 72 valence electrons. The van der Waals surface area contributed by atoms with Crippen molar-refractivity contribution >= 4 is 0 Å². The lowest BCUT2D eigenvalue weighted by molar-refractivity contribution is -0.288. The SMILES string of the molecule is C=CC(O)CC(F)(F)C(F)(F)F. The van der Waals surface area contributed by atoms with Crippen LogP contribution in [0, 0.1) is 0 Å². The molecule has 0 aromatic rings. The number of hydrogen-bond acceptors (Lipinski definition) is 1. The number of rotatable bonds is 3. The average molecular weight is 190 g/mol. The minimum absolute atomic E-state index is 0.625. The van der Waals surface area contributed by atoms with Gasteiger partial charge < -0.3 is 5.11 Å². The van der Waals surface area contributed by atoms with Gasteiger partial charge in [0.15, 0.2) is 0 Å². The summed E-state index contributed by atoms with van der Waals surface area (Å²) >= 11 is 0. The minimum Gasteiger partial charge on any atom is -0.389 e. The summed E-state index contributed by atoms with van der Waals surface area (Å²) in [5.74, 6) is -4.86. The maximum Gasteiger partial charge on any atom is 0.453 e. The fraction of sp³-hybridized carbons (Fsp3) is 0.667. The molecule has 1 N–H and O–H groups in total. The summed E-state index contributed by atoms with van der Waals surface area (Å²) in [6.07, 6.45) is -8.52. The van der Waals surface area contributed by atoms with E-state index in [0.717, 1.165) is 0 Å². The molecule has 1 nitrogen and oxygen atoms in total. The standard InChI is InChI=1S/C6H7F5O/c1-2-4(12)3-5(7,8)6(9,10)11/h2,4,12H,1,3H2. The second-order valence-electron chi connectivity index (χ2n) is 2.21. The largest absolute Gasteiger partial charge is 0.453 e. The lowest BCUT2D eigenvalue weighted by Gasteiger charge is -2.20. The van der Waals surface area contributed by atoms with E-state index in [1.807, 2.05) is 0 Å². The van der Waals surface area contributed by atoms with Gasteiger partial charge in [0.1, 0.15) is 0 Å². The van der Waals surface area contributed by atoms with Crippen LogP contribution < -0.4 is 0 Å². The zero-order valence-electron chi connectivity index (χ0n) is 5.91. The van der Waals surface area contributed by atoms with Gasteiger partial charge in [0.2, 0.25) is 0 Å². The van der Waals surface area contributed by atoms with Crippen LogP contribution in [0.15, 0.2) is 12.7 Å². The van der Waals surface area contributed by atoms with Crippen LogP contribution in [0.2, 0.25) is 0 Å². The Morgan fingerprint density at radius 3 is 1.92 bits per heavy atom. The van der Waals surface area contributed by atoms with Gasteiger partial charge in [-0.3, -0.25) is 0 Å². The van der Waals surface area contributed by atoms with Gasteiger partial charge in [0.25, 0.3) is 0 Å². The van der Waals surface area contributed by atoms with E-state index >= 15 is 0 Å². The first-order chi connectivity index (χ1) is 5.20. The van der Waals surface area contributed by atoms with Crippen LogP contribution in [0.3, 0.4) is 0 Å². The van der Waals surface area contributed by atoms with Crippen LogP contribution in [0.5, 0.6) is 0 Å². The summed E-state index contributed by atoms with van der Waals surface area (Å²) < 4.78 is 58.4. The van der Waals surface area contributed by atoms with Crippen LogP contribution in [0.4, 0.5) is 22.0 Å². The van der Waals surface area contributed by atoms with Crippen molar-refractivity contribution in [3.8, 4) is 0 Å². The maximum atomic E-state index is 12.0. The van der Waals surface area contributed by atoms with Gasteiger partial charge in [0.05, 0.1) is 12.5 Å². The molecule has 0 bridgehead atoms. The predicted molar refractivity (Wildman–Crippen MR) is 31.8 cm³/mol. The molecule has 0 aliphatic rings. The quantitative estimate of drug-likeness (QED) is 0.533. The molecule has 0 aliphatic heterocycles. The first kappa shape index (κ1) is 11.4. The van der Waals surface area contributed by atoms with Crippen molar-refractivity contribution in [1.29, 1.82) is 0 Å². The van der Waals surface area contributed by atoms with E-state index in [1.165, 1.54) is 0 Å². The molecule has 6 heteroatoms. The Morgan fingerprint density at radius 2 is 1.67 bits per heavy atom. The van der Waals surface area contributed by atoms with Crippen LogP contribution in [-0.2, 0) is 0 Å². The molecule has 0 aliphatic carbocycles. The van der Waals surface area contributed by atoms with Crippen molar-refractivity contribution in [3.05, 3.63) is 12.7 Å². The zero-order valence-corrected chi connectivity index (χ0v) is 5.91. The highest BCUT2D eigenvalue weighted by Crippen LogP contribution is 2.38. The Kier molecular flexibility index (Phi) is 3.20. The summed E-state index contributed by atoms with van der Waals surface area (Å²) in [6.45, 7) is 2.88. The lowest BCUT2D eigenvalue weighted by Crippen LogP contribution is -2.39. The molecule has 0 fully saturated rings. The number of halogens is 5. The van der Waals surface area contributed by atoms with E-state index in [4.69, 9.17) is 5.11 Å². The summed E-state index contributed by atoms with van der Waals surface area (Å²) in [5.41, 5.74) is 0. The fourth-order valence-electron chi connectivity index (χ4n) is 0.462. The monoisotopic (exact) mass is 190 g/mol. The molecule has 0 saturated heterocycles. The molecular formula is C6H7F5O. The predicted octanol–water partition coefficient (Wildman–Crippen LogP) is 2.12. The van der Waals surface area contributed by atoms with Gasteiger partial charge in [-0.25, -0.2) is 0 Å². The number of aliphatic hydroxyl groups is 1. The van der Waals surface area contributed by atoms with E-state index in [-0.39, 0.29) is 0 Å². The van der Waals surface area contributed by atoms with E-state index in [2.05, 4.69) is 6.58 Å². The highest BCUT2D eigenvalue weighted by atomic mass is 19.4. The third kappa shape index (κ3) is 2.77. The first-order valence-electron chi connectivity index (χ1n) is 2.96. The normalized spacial score (nSPS) is 15.8. The molecule has 0 heterocycles. The molecule has 0 radical (unpaired) electrons. The molecule has 0 aromatic heterocycles. The molecule has 1 atom stereocenters. The van der Waals surface area contributed by atoms with Crippen LogP contribution in [0.1, 0.15) is 6.42 Å². The number of alkyl halides is 5. The summed E-state index contributed by atoms with van der Waals surface area (Å²) in [7, 11) is 0. The first-order valence-corrected chi connectivity index (χ1v) is 2.96. The second kappa shape index (κ2) is 3.38. The lowest BCUT2D eigenvalue weighted by atomic mass is 10.1. The molecular weight excluding hydrogens is 183 g/mol. The Labute approximate surface area is 65.5 Å². The molecule has 12 heavy (non-hydrogen) atoms. The summed E-state index contributed by atoms with van der Waals surface area (Å²) in [5, 5.41) is 8.46. The van der Waals surface area contributed by atoms with Crippen LogP contribution >= 0.6 is 0 Å². The topological polar surface area (TPSA) is 20.2 Å². The van der Waals surface area contributed by atoms with Crippen LogP contribution in [0.25, 0.3) is 0 Å². The minimum atomic E-state index is -5.61. The average Bonchev–Trinajstić information content (AvgIpc) is 1.84. The van der Waals surface area contributed by atoms with Gasteiger partial charge >= 0.3 is 12.1 Å². The molecule has 0 saturated carbocycles. The molecule has 0 spiro atoms. The van der Waals surface area contributed by atoms with Crippen molar-refractivity contribution in [3.63, 3.8) is 0 Å². The van der Waals surface area contributed by atoms with Crippen molar-refractivity contribution in [2.24, 2.45) is 0 Å². The van der Waals surface area contributed by atoms with Crippen molar-refractivity contribution in [2.45, 2.75) is 24.6 Å². The Balaban J connectivity index is 4.32. The van der Waals surface area contributed by atoms with Gasteiger partial charge in [-0.15, -0.1) is 6.58 Å². The highest BCUT2D eigenvalue weighted by Gasteiger charge is 2.57. The van der Waals surface area contributed by atoms with Crippen molar-refractivity contribution < 1.29 is 27.1 Å². The summed E-state index contributed by atoms with van der Waals surface area (Å²) in [4.78, 5) is 0. The third-order valence-corrected chi connectivity index (χ3v) is 1.15. The van der Waals surface area contributed by atoms with E-state index < -0.39 is 24.6 Å². The van der Waals surface area contributed by atoms with Gasteiger partial charge in [-0.05, 0) is 0 Å². The molecule has 0 aromatic carbocycles. The second-order valence-corrected chi connectivity index (χ2v) is 2.21. The molecule has 1 unspecified atom stereocenters. The summed E-state index contributed by atoms with van der Waals surface area (Å²) in [6, 6.07) is 0. The van der Waals surface area contributed by atoms with E-state index in [1.54, 1.807) is 0 Å². The Hall–Kier alpha value is -0.650. The van der Waals surface area contributed by atoms with Gasteiger partial charge in [-0.2, -0.15) is 22.0 Å². The Bertz CT molecular complexity index is 162.